The zero-order valence-electron chi connectivity index (χ0n) is 11.6. The van der Waals surface area contributed by atoms with Crippen LogP contribution in [0.1, 0.15) is 33.1 Å². The summed E-state index contributed by atoms with van der Waals surface area (Å²) in [6.07, 6.45) is 2.93. The Morgan fingerprint density at radius 3 is 2.53 bits per heavy atom. The van der Waals surface area contributed by atoms with Crippen LogP contribution in [0.2, 0.25) is 0 Å². The maximum absolute atomic E-state index is 12.7. The molecule has 0 amide bonds. The van der Waals surface area contributed by atoms with Crippen LogP contribution in [0.4, 0.5) is 5.69 Å². The lowest BCUT2D eigenvalue weighted by Gasteiger charge is -2.22. The third-order valence-corrected chi connectivity index (χ3v) is 5.39. The van der Waals surface area contributed by atoms with Crippen molar-refractivity contribution in [3.05, 3.63) is 24.3 Å². The minimum atomic E-state index is -3.38. The molecule has 2 rings (SSSR count). The van der Waals surface area contributed by atoms with Crippen LogP contribution in [-0.4, -0.2) is 31.9 Å². The van der Waals surface area contributed by atoms with E-state index in [0.29, 0.717) is 17.1 Å². The number of benzene rings is 1. The summed E-state index contributed by atoms with van der Waals surface area (Å²) in [5.41, 5.74) is 0.712. The molecule has 1 aromatic carbocycles. The van der Waals surface area contributed by atoms with E-state index in [0.717, 1.165) is 25.8 Å². The van der Waals surface area contributed by atoms with Gasteiger partial charge in [-0.25, -0.2) is 8.42 Å². The van der Waals surface area contributed by atoms with Crippen LogP contribution >= 0.6 is 0 Å². The fraction of sp³-hybridized carbons (Fsp3) is 0.571. The van der Waals surface area contributed by atoms with Gasteiger partial charge in [0.25, 0.3) is 0 Å². The van der Waals surface area contributed by atoms with E-state index in [1.807, 2.05) is 19.1 Å². The molecule has 1 N–H and O–H groups in total. The normalized spacial score (nSPS) is 15.7. The van der Waals surface area contributed by atoms with Crippen molar-refractivity contribution in [2.75, 3.05) is 18.4 Å². The number of hydrogen-bond acceptors (Lipinski definition) is 3. The summed E-state index contributed by atoms with van der Waals surface area (Å²) in [6.45, 7) is 5.28. The molecule has 0 radical (unpaired) electrons. The Morgan fingerprint density at radius 2 is 1.95 bits per heavy atom. The van der Waals surface area contributed by atoms with Gasteiger partial charge in [-0.2, -0.15) is 4.31 Å². The molecule has 0 aliphatic heterocycles. The Labute approximate surface area is 115 Å². The Kier molecular flexibility index (Phi) is 4.47. The monoisotopic (exact) mass is 282 g/mol. The fourth-order valence-electron chi connectivity index (χ4n) is 2.21. The Hall–Kier alpha value is -1.07. The molecule has 1 fully saturated rings. The van der Waals surface area contributed by atoms with Crippen molar-refractivity contribution in [3.63, 3.8) is 0 Å². The second kappa shape index (κ2) is 5.92. The molecule has 4 nitrogen and oxygen atoms in total. The first-order chi connectivity index (χ1) is 9.11. The second-order valence-corrected chi connectivity index (χ2v) is 6.72. The van der Waals surface area contributed by atoms with Gasteiger partial charge in [-0.3, -0.25) is 0 Å². The minimum Gasteiger partial charge on any atom is -0.384 e. The SMILES string of the molecule is CCCNc1ccccc1S(=O)(=O)N(CC)C1CC1. The van der Waals surface area contributed by atoms with Crippen LogP contribution in [0, 0.1) is 0 Å². The maximum atomic E-state index is 12.7. The Morgan fingerprint density at radius 1 is 1.26 bits per heavy atom. The van der Waals surface area contributed by atoms with Crippen molar-refractivity contribution in [2.45, 2.75) is 44.0 Å². The summed E-state index contributed by atoms with van der Waals surface area (Å²) < 4.78 is 27.1. The highest BCUT2D eigenvalue weighted by Gasteiger charge is 2.37. The summed E-state index contributed by atoms with van der Waals surface area (Å²) in [4.78, 5) is 0.400. The van der Waals surface area contributed by atoms with Gasteiger partial charge in [0, 0.05) is 19.1 Å². The molecule has 1 aliphatic rings. The van der Waals surface area contributed by atoms with Gasteiger partial charge < -0.3 is 5.32 Å². The summed E-state index contributed by atoms with van der Waals surface area (Å²) in [6, 6.07) is 7.38. The van der Waals surface area contributed by atoms with Gasteiger partial charge in [0.1, 0.15) is 4.90 Å². The van der Waals surface area contributed by atoms with Crippen LogP contribution < -0.4 is 5.32 Å². The van der Waals surface area contributed by atoms with E-state index in [1.54, 1.807) is 16.4 Å². The first-order valence-corrected chi connectivity index (χ1v) is 8.40. The van der Waals surface area contributed by atoms with Crippen LogP contribution in [0.5, 0.6) is 0 Å². The van der Waals surface area contributed by atoms with Gasteiger partial charge in [-0.15, -0.1) is 0 Å². The van der Waals surface area contributed by atoms with Gasteiger partial charge >= 0.3 is 0 Å². The molecule has 0 saturated heterocycles. The van der Waals surface area contributed by atoms with Crippen molar-refractivity contribution in [2.24, 2.45) is 0 Å². The molecule has 1 aromatic rings. The van der Waals surface area contributed by atoms with Gasteiger partial charge in [0.15, 0.2) is 0 Å². The van der Waals surface area contributed by atoms with E-state index in [-0.39, 0.29) is 6.04 Å². The average Bonchev–Trinajstić information content (AvgIpc) is 3.21. The van der Waals surface area contributed by atoms with Crippen molar-refractivity contribution >= 4 is 15.7 Å². The van der Waals surface area contributed by atoms with Gasteiger partial charge in [0.2, 0.25) is 10.0 Å². The molecule has 0 bridgehead atoms. The highest BCUT2D eigenvalue weighted by Crippen LogP contribution is 2.33. The summed E-state index contributed by atoms with van der Waals surface area (Å²) in [7, 11) is -3.38. The molecule has 1 saturated carbocycles. The smallest absolute Gasteiger partial charge is 0.245 e. The minimum absolute atomic E-state index is 0.203. The predicted octanol–water partition coefficient (Wildman–Crippen LogP) is 2.68. The highest BCUT2D eigenvalue weighted by molar-refractivity contribution is 7.89. The number of hydrogen-bond donors (Lipinski definition) is 1. The number of nitrogens with zero attached hydrogens (tertiary/aromatic N) is 1. The molecule has 0 spiro atoms. The molecular formula is C14H22N2O2S. The molecule has 1 aliphatic carbocycles. The average molecular weight is 282 g/mol. The van der Waals surface area contributed by atoms with Gasteiger partial charge in [-0.05, 0) is 31.4 Å². The standard InChI is InChI=1S/C14H22N2O2S/c1-3-11-15-13-7-5-6-8-14(13)19(17,18)16(4-2)12-9-10-12/h5-8,12,15H,3-4,9-11H2,1-2H3. The van der Waals surface area contributed by atoms with E-state index < -0.39 is 10.0 Å². The molecule has 0 aromatic heterocycles. The lowest BCUT2D eigenvalue weighted by atomic mass is 10.3. The molecule has 0 atom stereocenters. The van der Waals surface area contributed by atoms with Crippen LogP contribution in [0.15, 0.2) is 29.2 Å². The number of nitrogens with one attached hydrogen (secondary N) is 1. The molecular weight excluding hydrogens is 260 g/mol. The number of sulfonamides is 1. The second-order valence-electron chi connectivity index (χ2n) is 4.86. The first-order valence-electron chi connectivity index (χ1n) is 6.96. The molecule has 19 heavy (non-hydrogen) atoms. The number of para-hydroxylation sites is 1. The lowest BCUT2D eigenvalue weighted by Crippen LogP contribution is -2.33. The van der Waals surface area contributed by atoms with Crippen molar-refractivity contribution < 1.29 is 8.42 Å². The van der Waals surface area contributed by atoms with Crippen molar-refractivity contribution in [1.82, 2.24) is 4.31 Å². The summed E-state index contributed by atoms with van der Waals surface area (Å²) in [5, 5.41) is 3.20. The van der Waals surface area contributed by atoms with Crippen LogP contribution in [-0.2, 0) is 10.0 Å². The maximum Gasteiger partial charge on any atom is 0.245 e. The molecule has 0 unspecified atom stereocenters. The lowest BCUT2D eigenvalue weighted by molar-refractivity contribution is 0.421. The van der Waals surface area contributed by atoms with Crippen molar-refractivity contribution in [1.29, 1.82) is 0 Å². The molecule has 106 valence electrons. The largest absolute Gasteiger partial charge is 0.384 e. The number of anilines is 1. The highest BCUT2D eigenvalue weighted by atomic mass is 32.2. The molecule has 5 heteroatoms. The van der Waals surface area contributed by atoms with E-state index in [9.17, 15) is 8.42 Å². The van der Waals surface area contributed by atoms with Crippen LogP contribution in [0.3, 0.4) is 0 Å². The topological polar surface area (TPSA) is 49.4 Å². The number of rotatable bonds is 7. The fourth-order valence-corrected chi connectivity index (χ4v) is 4.08. The van der Waals surface area contributed by atoms with Crippen LogP contribution in [0.25, 0.3) is 0 Å². The summed E-state index contributed by atoms with van der Waals surface area (Å²) in [5.74, 6) is 0. The van der Waals surface area contributed by atoms with E-state index in [4.69, 9.17) is 0 Å². The summed E-state index contributed by atoms with van der Waals surface area (Å²) >= 11 is 0. The zero-order valence-corrected chi connectivity index (χ0v) is 12.4. The Balaban J connectivity index is 2.33. The van der Waals surface area contributed by atoms with Gasteiger partial charge in [0.05, 0.1) is 5.69 Å². The quantitative estimate of drug-likeness (QED) is 0.836. The third-order valence-electron chi connectivity index (χ3n) is 3.30. The van der Waals surface area contributed by atoms with Gasteiger partial charge in [-0.1, -0.05) is 26.0 Å². The first kappa shape index (κ1) is 14.3. The van der Waals surface area contributed by atoms with E-state index >= 15 is 0 Å². The predicted molar refractivity (Wildman–Crippen MR) is 77.8 cm³/mol. The Bertz CT molecular complexity index is 524. The third kappa shape index (κ3) is 3.09. The van der Waals surface area contributed by atoms with E-state index in [2.05, 4.69) is 12.2 Å². The molecule has 0 heterocycles. The van der Waals surface area contributed by atoms with E-state index in [1.165, 1.54) is 0 Å². The van der Waals surface area contributed by atoms with Crippen molar-refractivity contribution in [3.8, 4) is 0 Å². The zero-order chi connectivity index (χ0) is 13.9.